The number of likely N-dealkylation sites (tertiary alicyclic amines) is 1. The Morgan fingerprint density at radius 1 is 1.12 bits per heavy atom. The number of benzene rings is 1. The van der Waals surface area contributed by atoms with E-state index in [4.69, 9.17) is 4.74 Å². The van der Waals surface area contributed by atoms with E-state index < -0.39 is 0 Å². The number of hydrogen-bond donors (Lipinski definition) is 3. The summed E-state index contributed by atoms with van der Waals surface area (Å²) in [5, 5.41) is 10.1. The van der Waals surface area contributed by atoms with Crippen LogP contribution in [-0.2, 0) is 12.5 Å². The van der Waals surface area contributed by atoms with Crippen LogP contribution in [0.25, 0.3) is 0 Å². The van der Waals surface area contributed by atoms with Crippen molar-refractivity contribution >= 4 is 23.4 Å². The maximum absolute atomic E-state index is 12.4. The number of amides is 3. The molecule has 3 aromatic rings. The third-order valence-electron chi connectivity index (χ3n) is 5.76. The van der Waals surface area contributed by atoms with Crippen molar-refractivity contribution in [3.8, 4) is 5.75 Å². The lowest BCUT2D eigenvalue weighted by Crippen LogP contribution is -2.41. The van der Waals surface area contributed by atoms with Gasteiger partial charge in [-0.15, -0.1) is 0 Å². The highest BCUT2D eigenvalue weighted by atomic mass is 16.5. The van der Waals surface area contributed by atoms with Gasteiger partial charge in [-0.05, 0) is 24.3 Å². The van der Waals surface area contributed by atoms with Crippen LogP contribution in [0.2, 0.25) is 0 Å². The fraction of sp³-hybridized carbons (Fsp3) is 0.417. The van der Waals surface area contributed by atoms with Gasteiger partial charge in [0.05, 0.1) is 18.2 Å². The standard InChI is InChI=1S/C24H31N7O3/c1-24(2,3)20-13-21(30(4)29-20)28-23(33)27-16-5-7-17(8-6-16)34-18-9-11-31(12-10-18)22(32)19-14-25-15-26-19/h5-8,13-15,18H,9-12H2,1-4H3,(H,25,26)(H2,27,28,33). The molecule has 0 bridgehead atoms. The topological polar surface area (TPSA) is 117 Å². The first-order valence-electron chi connectivity index (χ1n) is 11.4. The summed E-state index contributed by atoms with van der Waals surface area (Å²) < 4.78 is 7.74. The van der Waals surface area contributed by atoms with Crippen molar-refractivity contribution in [1.29, 1.82) is 0 Å². The molecule has 34 heavy (non-hydrogen) atoms. The average Bonchev–Trinajstić information content (AvgIpc) is 3.46. The Kier molecular flexibility index (Phi) is 6.58. The van der Waals surface area contributed by atoms with E-state index in [-0.39, 0.29) is 23.5 Å². The number of rotatable bonds is 5. The first-order valence-corrected chi connectivity index (χ1v) is 11.4. The summed E-state index contributed by atoms with van der Waals surface area (Å²) in [6.07, 6.45) is 4.59. The lowest BCUT2D eigenvalue weighted by molar-refractivity contribution is 0.0590. The number of ether oxygens (including phenoxy) is 1. The number of aromatic nitrogens is 4. The zero-order chi connectivity index (χ0) is 24.3. The van der Waals surface area contributed by atoms with Gasteiger partial charge in [-0.1, -0.05) is 20.8 Å². The highest BCUT2D eigenvalue weighted by Crippen LogP contribution is 2.24. The minimum absolute atomic E-state index is 0.0367. The monoisotopic (exact) mass is 465 g/mol. The lowest BCUT2D eigenvalue weighted by Gasteiger charge is -2.31. The Hall–Kier alpha value is -3.82. The minimum Gasteiger partial charge on any atom is -0.490 e. The molecule has 4 rings (SSSR count). The van der Waals surface area contributed by atoms with E-state index in [1.807, 2.05) is 23.1 Å². The molecule has 0 spiro atoms. The summed E-state index contributed by atoms with van der Waals surface area (Å²) in [6, 6.07) is 8.81. The largest absolute Gasteiger partial charge is 0.490 e. The summed E-state index contributed by atoms with van der Waals surface area (Å²) in [5.74, 6) is 1.32. The number of H-pyrrole nitrogens is 1. The van der Waals surface area contributed by atoms with Crippen molar-refractivity contribution in [2.45, 2.75) is 45.1 Å². The zero-order valence-corrected chi connectivity index (χ0v) is 20.0. The Morgan fingerprint density at radius 2 is 1.82 bits per heavy atom. The molecule has 3 heterocycles. The minimum atomic E-state index is -0.341. The molecule has 0 atom stereocenters. The number of nitrogens with one attached hydrogen (secondary N) is 3. The normalized spacial score (nSPS) is 14.6. The molecule has 0 aliphatic carbocycles. The molecule has 0 unspecified atom stereocenters. The van der Waals surface area contributed by atoms with Crippen LogP contribution >= 0.6 is 0 Å². The SMILES string of the molecule is Cn1nc(C(C)(C)C)cc1NC(=O)Nc1ccc(OC2CCN(C(=O)c3cnc[nH]3)CC2)cc1. The van der Waals surface area contributed by atoms with Crippen LogP contribution in [0, 0.1) is 0 Å². The van der Waals surface area contributed by atoms with Crippen LogP contribution in [0.15, 0.2) is 42.9 Å². The Morgan fingerprint density at radius 3 is 2.41 bits per heavy atom. The molecular formula is C24H31N7O3. The molecule has 1 aliphatic heterocycles. The van der Waals surface area contributed by atoms with Crippen LogP contribution in [-0.4, -0.2) is 55.8 Å². The van der Waals surface area contributed by atoms with Crippen molar-refractivity contribution in [1.82, 2.24) is 24.6 Å². The van der Waals surface area contributed by atoms with Crippen molar-refractivity contribution in [2.24, 2.45) is 7.05 Å². The number of nitrogens with zero attached hydrogens (tertiary/aromatic N) is 4. The number of hydrogen-bond acceptors (Lipinski definition) is 5. The predicted octanol–water partition coefficient (Wildman–Crippen LogP) is 3.77. The summed E-state index contributed by atoms with van der Waals surface area (Å²) in [4.78, 5) is 33.4. The van der Waals surface area contributed by atoms with E-state index in [9.17, 15) is 9.59 Å². The van der Waals surface area contributed by atoms with E-state index in [0.29, 0.717) is 30.3 Å². The third kappa shape index (κ3) is 5.56. The summed E-state index contributed by atoms with van der Waals surface area (Å²) >= 11 is 0. The van der Waals surface area contributed by atoms with Crippen LogP contribution < -0.4 is 15.4 Å². The number of anilines is 2. The fourth-order valence-electron chi connectivity index (χ4n) is 3.76. The molecule has 10 nitrogen and oxygen atoms in total. The van der Waals surface area contributed by atoms with Gasteiger partial charge in [0.25, 0.3) is 5.91 Å². The first-order chi connectivity index (χ1) is 16.2. The second kappa shape index (κ2) is 9.58. The Labute approximate surface area is 198 Å². The highest BCUT2D eigenvalue weighted by molar-refractivity contribution is 5.99. The first kappa shape index (κ1) is 23.3. The van der Waals surface area contributed by atoms with E-state index in [1.54, 1.807) is 30.1 Å². The number of imidazole rings is 1. The van der Waals surface area contributed by atoms with Gasteiger partial charge in [0.2, 0.25) is 0 Å². The molecule has 1 aliphatic rings. The van der Waals surface area contributed by atoms with Crippen molar-refractivity contribution in [2.75, 3.05) is 23.7 Å². The molecule has 0 radical (unpaired) electrons. The maximum Gasteiger partial charge on any atom is 0.324 e. The van der Waals surface area contributed by atoms with Crippen LogP contribution in [0.3, 0.4) is 0 Å². The molecular weight excluding hydrogens is 434 g/mol. The Balaban J connectivity index is 1.25. The number of aromatic amines is 1. The molecule has 1 fully saturated rings. The van der Waals surface area contributed by atoms with Crippen molar-refractivity contribution in [3.63, 3.8) is 0 Å². The number of carbonyl (C=O) groups excluding carboxylic acids is 2. The number of piperidine rings is 1. The van der Waals surface area contributed by atoms with Crippen molar-refractivity contribution < 1.29 is 14.3 Å². The van der Waals surface area contributed by atoms with Gasteiger partial charge < -0.3 is 19.9 Å². The van der Waals surface area contributed by atoms with Gasteiger partial charge in [-0.25, -0.2) is 9.78 Å². The molecule has 1 saturated heterocycles. The molecule has 0 saturated carbocycles. The number of carbonyl (C=O) groups is 2. The summed E-state index contributed by atoms with van der Waals surface area (Å²) in [5.41, 5.74) is 1.96. The van der Waals surface area contributed by atoms with Crippen LogP contribution in [0.4, 0.5) is 16.3 Å². The summed E-state index contributed by atoms with van der Waals surface area (Å²) in [6.45, 7) is 7.49. The van der Waals surface area contributed by atoms with Gasteiger partial charge in [0, 0.05) is 50.1 Å². The van der Waals surface area contributed by atoms with Gasteiger partial charge in [-0.2, -0.15) is 5.10 Å². The molecule has 180 valence electrons. The average molecular weight is 466 g/mol. The van der Waals surface area contributed by atoms with Gasteiger partial charge in [0.15, 0.2) is 0 Å². The number of aryl methyl sites for hydroxylation is 1. The maximum atomic E-state index is 12.4. The lowest BCUT2D eigenvalue weighted by atomic mass is 9.92. The van der Waals surface area contributed by atoms with Gasteiger partial charge >= 0.3 is 6.03 Å². The van der Waals surface area contributed by atoms with Crippen LogP contribution in [0.5, 0.6) is 5.75 Å². The zero-order valence-electron chi connectivity index (χ0n) is 20.0. The Bertz CT molecular complexity index is 1120. The van der Waals surface area contributed by atoms with Gasteiger partial charge in [0.1, 0.15) is 23.4 Å². The molecule has 1 aromatic carbocycles. The third-order valence-corrected chi connectivity index (χ3v) is 5.76. The molecule has 2 aromatic heterocycles. The van der Waals surface area contributed by atoms with Gasteiger partial charge in [-0.3, -0.25) is 14.8 Å². The quantitative estimate of drug-likeness (QED) is 0.530. The summed E-state index contributed by atoms with van der Waals surface area (Å²) in [7, 11) is 1.80. The van der Waals surface area contributed by atoms with Crippen molar-refractivity contribution in [3.05, 3.63) is 54.2 Å². The van der Waals surface area contributed by atoms with E-state index >= 15 is 0 Å². The second-order valence-electron chi connectivity index (χ2n) is 9.47. The molecule has 3 N–H and O–H groups in total. The predicted molar refractivity (Wildman–Crippen MR) is 129 cm³/mol. The second-order valence-corrected chi connectivity index (χ2v) is 9.47. The van der Waals surface area contributed by atoms with E-state index in [1.165, 1.54) is 6.33 Å². The fourth-order valence-corrected chi connectivity index (χ4v) is 3.76. The smallest absolute Gasteiger partial charge is 0.324 e. The highest BCUT2D eigenvalue weighted by Gasteiger charge is 2.25. The molecule has 3 amide bonds. The van der Waals surface area contributed by atoms with Crippen LogP contribution in [0.1, 0.15) is 49.8 Å². The molecule has 10 heteroatoms. The van der Waals surface area contributed by atoms with E-state index in [0.717, 1.165) is 24.3 Å². The number of urea groups is 1. The van der Waals surface area contributed by atoms with E-state index in [2.05, 4.69) is 46.5 Å².